The van der Waals surface area contributed by atoms with Crippen molar-refractivity contribution in [3.8, 4) is 0 Å². The number of aryl methyl sites for hydroxylation is 1. The molecule has 64 valence electrons. The van der Waals surface area contributed by atoms with Crippen LogP contribution < -0.4 is 5.32 Å². The highest BCUT2D eigenvalue weighted by Crippen LogP contribution is 2.16. The molecule has 1 aromatic carbocycles. The fourth-order valence-electron chi connectivity index (χ4n) is 1.33. The van der Waals surface area contributed by atoms with Crippen molar-refractivity contribution in [2.24, 2.45) is 0 Å². The summed E-state index contributed by atoms with van der Waals surface area (Å²) in [6.07, 6.45) is 0. The molecule has 2 heteroatoms. The number of benzene rings is 1. The predicted molar refractivity (Wildman–Crippen MR) is 49.1 cm³/mol. The monoisotopic (exact) mass is 163 g/mol. The van der Waals surface area contributed by atoms with Crippen molar-refractivity contribution in [2.45, 2.75) is 20.9 Å². The maximum atomic E-state index is 11.1. The number of amides is 1. The Balaban J connectivity index is 0.000000720. The third-order valence-corrected chi connectivity index (χ3v) is 1.95. The Hall–Kier alpha value is -1.31. The Kier molecular flexibility index (Phi) is 2.18. The number of carbonyl (C=O) groups is 1. The van der Waals surface area contributed by atoms with Crippen LogP contribution in [0.4, 0.5) is 0 Å². The number of fused-ring (bicyclic) bond motifs is 1. The highest BCUT2D eigenvalue weighted by molar-refractivity contribution is 5.98. The summed E-state index contributed by atoms with van der Waals surface area (Å²) < 4.78 is 0. The zero-order chi connectivity index (χ0) is 7.84. The zero-order valence-corrected chi connectivity index (χ0v) is 6.35. The summed E-state index contributed by atoms with van der Waals surface area (Å²) in [6.45, 7) is 2.68. The fraction of sp³-hybridized carbons (Fsp3) is 0.300. The third kappa shape index (κ3) is 1.20. The molecule has 0 bridgehead atoms. The number of nitrogens with one attached hydrogen (secondary N) is 1. The first kappa shape index (κ1) is 8.78. The molecule has 12 heavy (non-hydrogen) atoms. The van der Waals surface area contributed by atoms with Crippen LogP contribution in [0.1, 0.15) is 28.9 Å². The van der Waals surface area contributed by atoms with Crippen LogP contribution in [-0.4, -0.2) is 5.91 Å². The summed E-state index contributed by atoms with van der Waals surface area (Å²) in [5.74, 6) is 0.0590. The summed E-state index contributed by atoms with van der Waals surface area (Å²) in [7, 11) is 0. The lowest BCUT2D eigenvalue weighted by molar-refractivity contribution is 0.0965. The van der Waals surface area contributed by atoms with Crippen LogP contribution >= 0.6 is 0 Å². The van der Waals surface area contributed by atoms with Crippen molar-refractivity contribution >= 4 is 5.91 Å². The molecule has 0 saturated heterocycles. The summed E-state index contributed by atoms with van der Waals surface area (Å²) in [5.41, 5.74) is 3.09. The van der Waals surface area contributed by atoms with Crippen molar-refractivity contribution in [3.63, 3.8) is 0 Å². The average Bonchev–Trinajstić information content (AvgIpc) is 2.33. The van der Waals surface area contributed by atoms with E-state index in [0.29, 0.717) is 6.54 Å². The SMILES string of the molecule is C.Cc1ccc2c(c1)C(=O)NC2. The second-order valence-corrected chi connectivity index (χ2v) is 2.84. The van der Waals surface area contributed by atoms with E-state index >= 15 is 0 Å². The number of carbonyl (C=O) groups excluding carboxylic acids is 1. The van der Waals surface area contributed by atoms with Crippen molar-refractivity contribution in [1.82, 2.24) is 5.32 Å². The first-order chi connectivity index (χ1) is 5.27. The molecule has 1 amide bonds. The minimum Gasteiger partial charge on any atom is -0.348 e. The highest BCUT2D eigenvalue weighted by atomic mass is 16.1. The van der Waals surface area contributed by atoms with Gasteiger partial charge in [-0.1, -0.05) is 25.1 Å². The van der Waals surface area contributed by atoms with Crippen LogP contribution in [0.5, 0.6) is 0 Å². The first-order valence-corrected chi connectivity index (χ1v) is 3.65. The van der Waals surface area contributed by atoms with E-state index in [1.807, 2.05) is 25.1 Å². The average molecular weight is 163 g/mol. The zero-order valence-electron chi connectivity index (χ0n) is 6.35. The molecule has 1 heterocycles. The van der Waals surface area contributed by atoms with Crippen LogP contribution in [0, 0.1) is 6.92 Å². The molecule has 0 saturated carbocycles. The number of hydrogen-bond acceptors (Lipinski definition) is 1. The van der Waals surface area contributed by atoms with Crippen LogP contribution in [0.25, 0.3) is 0 Å². The molecular weight excluding hydrogens is 150 g/mol. The maximum Gasteiger partial charge on any atom is 0.251 e. The molecule has 2 nitrogen and oxygen atoms in total. The van der Waals surface area contributed by atoms with Gasteiger partial charge in [0.15, 0.2) is 0 Å². The molecule has 0 aromatic heterocycles. The van der Waals surface area contributed by atoms with Gasteiger partial charge in [0.1, 0.15) is 0 Å². The third-order valence-electron chi connectivity index (χ3n) is 1.95. The highest BCUT2D eigenvalue weighted by Gasteiger charge is 2.17. The molecule has 0 fully saturated rings. The predicted octanol–water partition coefficient (Wildman–Crippen LogP) is 1.87. The molecule has 1 N–H and O–H groups in total. The molecule has 1 aliphatic heterocycles. The topological polar surface area (TPSA) is 29.1 Å². The lowest BCUT2D eigenvalue weighted by atomic mass is 10.1. The minimum atomic E-state index is 0. The van der Waals surface area contributed by atoms with Gasteiger partial charge in [0.25, 0.3) is 5.91 Å². The smallest absolute Gasteiger partial charge is 0.251 e. The van der Waals surface area contributed by atoms with Gasteiger partial charge < -0.3 is 5.32 Å². The fourth-order valence-corrected chi connectivity index (χ4v) is 1.33. The van der Waals surface area contributed by atoms with E-state index in [2.05, 4.69) is 5.32 Å². The van der Waals surface area contributed by atoms with E-state index in [1.54, 1.807) is 0 Å². The quantitative estimate of drug-likeness (QED) is 0.621. The van der Waals surface area contributed by atoms with Gasteiger partial charge in [0, 0.05) is 12.1 Å². The number of rotatable bonds is 0. The lowest BCUT2D eigenvalue weighted by Crippen LogP contribution is -2.12. The van der Waals surface area contributed by atoms with Crippen LogP contribution in [0.3, 0.4) is 0 Å². The van der Waals surface area contributed by atoms with Crippen LogP contribution in [0.2, 0.25) is 0 Å². The molecule has 2 rings (SSSR count). The van der Waals surface area contributed by atoms with Gasteiger partial charge >= 0.3 is 0 Å². The normalized spacial score (nSPS) is 13.2. The van der Waals surface area contributed by atoms with Gasteiger partial charge in [-0.3, -0.25) is 4.79 Å². The molecule has 0 spiro atoms. The molecule has 0 atom stereocenters. The standard InChI is InChI=1S/C9H9NO.CH4/c1-6-2-3-7-5-10-9(11)8(7)4-6;/h2-4H,5H2,1H3,(H,10,11);1H4. The largest absolute Gasteiger partial charge is 0.348 e. The van der Waals surface area contributed by atoms with Crippen molar-refractivity contribution in [3.05, 3.63) is 34.9 Å². The summed E-state index contributed by atoms with van der Waals surface area (Å²) in [4.78, 5) is 11.1. The summed E-state index contributed by atoms with van der Waals surface area (Å²) in [6, 6.07) is 5.96. The summed E-state index contributed by atoms with van der Waals surface area (Å²) in [5, 5.41) is 2.77. The molecule has 1 aliphatic rings. The van der Waals surface area contributed by atoms with Crippen LogP contribution in [-0.2, 0) is 6.54 Å². The van der Waals surface area contributed by atoms with Gasteiger partial charge in [-0.2, -0.15) is 0 Å². The molecule has 0 radical (unpaired) electrons. The van der Waals surface area contributed by atoms with E-state index in [-0.39, 0.29) is 13.3 Å². The van der Waals surface area contributed by atoms with Gasteiger partial charge in [-0.15, -0.1) is 0 Å². The Morgan fingerprint density at radius 1 is 1.42 bits per heavy atom. The first-order valence-electron chi connectivity index (χ1n) is 3.65. The van der Waals surface area contributed by atoms with Gasteiger partial charge in [0.2, 0.25) is 0 Å². The molecular formula is C10H13NO. The van der Waals surface area contributed by atoms with E-state index < -0.39 is 0 Å². The van der Waals surface area contributed by atoms with E-state index in [0.717, 1.165) is 16.7 Å². The Morgan fingerprint density at radius 2 is 2.17 bits per heavy atom. The Morgan fingerprint density at radius 3 is 2.92 bits per heavy atom. The second-order valence-electron chi connectivity index (χ2n) is 2.84. The van der Waals surface area contributed by atoms with Gasteiger partial charge in [-0.25, -0.2) is 0 Å². The minimum absolute atomic E-state index is 0. The van der Waals surface area contributed by atoms with Crippen molar-refractivity contribution in [1.29, 1.82) is 0 Å². The second kappa shape index (κ2) is 2.97. The maximum absolute atomic E-state index is 11.1. The lowest BCUT2D eigenvalue weighted by Gasteiger charge is -1.95. The molecule has 0 unspecified atom stereocenters. The van der Waals surface area contributed by atoms with Gasteiger partial charge in [0.05, 0.1) is 0 Å². The van der Waals surface area contributed by atoms with E-state index in [9.17, 15) is 4.79 Å². The van der Waals surface area contributed by atoms with E-state index in [1.165, 1.54) is 0 Å². The van der Waals surface area contributed by atoms with Crippen molar-refractivity contribution in [2.75, 3.05) is 0 Å². The van der Waals surface area contributed by atoms with Crippen LogP contribution in [0.15, 0.2) is 18.2 Å². The van der Waals surface area contributed by atoms with Crippen molar-refractivity contribution < 1.29 is 4.79 Å². The number of hydrogen-bond donors (Lipinski definition) is 1. The van der Waals surface area contributed by atoms with Gasteiger partial charge in [-0.05, 0) is 18.6 Å². The Labute approximate surface area is 72.6 Å². The Bertz CT molecular complexity index is 318. The summed E-state index contributed by atoms with van der Waals surface area (Å²) >= 11 is 0. The molecule has 1 aromatic rings. The molecule has 0 aliphatic carbocycles. The van der Waals surface area contributed by atoms with E-state index in [4.69, 9.17) is 0 Å².